The topological polar surface area (TPSA) is 72.4 Å². The summed E-state index contributed by atoms with van der Waals surface area (Å²) in [5.41, 5.74) is 1.65. The molecule has 0 radical (unpaired) electrons. The first-order valence-corrected chi connectivity index (χ1v) is 12.2. The zero-order valence-corrected chi connectivity index (χ0v) is 19.2. The lowest BCUT2D eigenvalue weighted by molar-refractivity contribution is -0.0201. The van der Waals surface area contributed by atoms with E-state index in [4.69, 9.17) is 9.73 Å². The molecule has 7 nitrogen and oxygen atoms in total. The molecule has 8 heteroatoms. The highest BCUT2D eigenvalue weighted by Crippen LogP contribution is 2.20. The van der Waals surface area contributed by atoms with Crippen molar-refractivity contribution in [1.29, 1.82) is 0 Å². The minimum Gasteiger partial charge on any atom is -0.387 e. The van der Waals surface area contributed by atoms with Crippen molar-refractivity contribution in [2.24, 2.45) is 4.99 Å². The largest absolute Gasteiger partial charge is 0.387 e. The van der Waals surface area contributed by atoms with E-state index in [2.05, 4.69) is 51.6 Å². The fourth-order valence-electron chi connectivity index (χ4n) is 3.72. The van der Waals surface area contributed by atoms with Crippen molar-refractivity contribution in [1.82, 2.24) is 15.5 Å². The van der Waals surface area contributed by atoms with Gasteiger partial charge in [0.1, 0.15) is 0 Å². The minimum atomic E-state index is -0.831. The van der Waals surface area contributed by atoms with Crippen molar-refractivity contribution in [3.63, 3.8) is 0 Å². The van der Waals surface area contributed by atoms with Gasteiger partial charge in [0.2, 0.25) is 0 Å². The van der Waals surface area contributed by atoms with Crippen LogP contribution in [0.4, 0.5) is 5.69 Å². The Hall–Kier alpha value is -1.48. The molecule has 2 heterocycles. The molecule has 3 N–H and O–H groups in total. The lowest BCUT2D eigenvalue weighted by Crippen LogP contribution is -2.52. The average Bonchev–Trinajstić information content (AvgIpc) is 2.77. The van der Waals surface area contributed by atoms with E-state index in [1.165, 1.54) is 22.8 Å². The van der Waals surface area contributed by atoms with Gasteiger partial charge in [-0.2, -0.15) is 11.8 Å². The van der Waals surface area contributed by atoms with E-state index < -0.39 is 5.60 Å². The molecular formula is C22H37N5O2S. The molecule has 0 bridgehead atoms. The summed E-state index contributed by atoms with van der Waals surface area (Å²) in [6, 6.07) is 8.74. The predicted molar refractivity (Wildman–Crippen MR) is 127 cm³/mol. The zero-order valence-electron chi connectivity index (χ0n) is 18.4. The van der Waals surface area contributed by atoms with Crippen LogP contribution in [0, 0.1) is 0 Å². The first kappa shape index (κ1) is 23.2. The molecule has 0 spiro atoms. The lowest BCUT2D eigenvalue weighted by Gasteiger charge is -2.34. The van der Waals surface area contributed by atoms with Gasteiger partial charge in [-0.3, -0.25) is 4.90 Å². The van der Waals surface area contributed by atoms with Gasteiger partial charge in [0.15, 0.2) is 5.96 Å². The minimum absolute atomic E-state index is 0.447. The number of anilines is 1. The zero-order chi connectivity index (χ0) is 21.2. The molecule has 2 saturated heterocycles. The van der Waals surface area contributed by atoms with E-state index in [9.17, 15) is 5.11 Å². The molecule has 1 aromatic carbocycles. The van der Waals surface area contributed by atoms with Crippen LogP contribution in [-0.4, -0.2) is 92.1 Å². The van der Waals surface area contributed by atoms with Gasteiger partial charge in [-0.25, -0.2) is 4.99 Å². The van der Waals surface area contributed by atoms with Crippen LogP contribution in [0.3, 0.4) is 0 Å². The SMILES string of the molecule is CCNC(=NCc1ccc(N2CCSCC2)cc1)NCC(C)(O)CN1CCOCC1. The Morgan fingerprint density at radius 3 is 2.50 bits per heavy atom. The monoisotopic (exact) mass is 435 g/mol. The fraction of sp³-hybridized carbons (Fsp3) is 0.682. The second kappa shape index (κ2) is 11.8. The first-order chi connectivity index (χ1) is 14.6. The van der Waals surface area contributed by atoms with Crippen molar-refractivity contribution in [2.75, 3.05) is 75.4 Å². The second-order valence-electron chi connectivity index (χ2n) is 8.20. The van der Waals surface area contributed by atoms with Gasteiger partial charge < -0.3 is 25.4 Å². The van der Waals surface area contributed by atoms with E-state index in [-0.39, 0.29) is 0 Å². The van der Waals surface area contributed by atoms with Crippen LogP contribution in [-0.2, 0) is 11.3 Å². The van der Waals surface area contributed by atoms with Crippen LogP contribution >= 0.6 is 11.8 Å². The number of benzene rings is 1. The predicted octanol–water partition coefficient (Wildman–Crippen LogP) is 1.38. The van der Waals surface area contributed by atoms with E-state index in [1.54, 1.807) is 0 Å². The molecule has 30 heavy (non-hydrogen) atoms. The summed E-state index contributed by atoms with van der Waals surface area (Å²) < 4.78 is 5.39. The summed E-state index contributed by atoms with van der Waals surface area (Å²) in [7, 11) is 0. The van der Waals surface area contributed by atoms with Gasteiger partial charge in [-0.05, 0) is 31.5 Å². The van der Waals surface area contributed by atoms with Crippen LogP contribution in [0.1, 0.15) is 19.4 Å². The van der Waals surface area contributed by atoms with Crippen LogP contribution in [0.15, 0.2) is 29.3 Å². The summed E-state index contributed by atoms with van der Waals surface area (Å²) in [5, 5.41) is 17.4. The number of aliphatic imine (C=N–C) groups is 1. The molecule has 2 aliphatic rings. The summed E-state index contributed by atoms with van der Waals surface area (Å²) in [6.45, 7) is 11.9. The molecule has 0 aromatic heterocycles. The summed E-state index contributed by atoms with van der Waals surface area (Å²) in [5.74, 6) is 3.15. The Morgan fingerprint density at radius 2 is 1.83 bits per heavy atom. The maximum absolute atomic E-state index is 10.8. The van der Waals surface area contributed by atoms with Gasteiger partial charge in [-0.1, -0.05) is 12.1 Å². The van der Waals surface area contributed by atoms with E-state index >= 15 is 0 Å². The van der Waals surface area contributed by atoms with Gasteiger partial charge in [0, 0.05) is 63.0 Å². The second-order valence-corrected chi connectivity index (χ2v) is 9.42. The molecule has 2 aliphatic heterocycles. The molecule has 1 unspecified atom stereocenters. The lowest BCUT2D eigenvalue weighted by atomic mass is 10.1. The van der Waals surface area contributed by atoms with Gasteiger partial charge >= 0.3 is 0 Å². The number of hydrogen-bond acceptors (Lipinski definition) is 6. The number of β-amino-alcohol motifs (C(OH)–C–C–N with tert-alkyl or cyclic N) is 1. The third-order valence-corrected chi connectivity index (χ3v) is 6.32. The number of hydrogen-bond donors (Lipinski definition) is 3. The summed E-state index contributed by atoms with van der Waals surface area (Å²) in [4.78, 5) is 9.41. The Kier molecular flexibility index (Phi) is 9.11. The Morgan fingerprint density at radius 1 is 1.13 bits per heavy atom. The number of aliphatic hydroxyl groups is 1. The van der Waals surface area contributed by atoms with E-state index in [1.807, 2.05) is 18.7 Å². The van der Waals surface area contributed by atoms with E-state index in [0.29, 0.717) is 19.6 Å². The third-order valence-electron chi connectivity index (χ3n) is 5.38. The van der Waals surface area contributed by atoms with Crippen LogP contribution in [0.5, 0.6) is 0 Å². The van der Waals surface area contributed by atoms with Gasteiger partial charge in [0.05, 0.1) is 25.4 Å². The molecule has 1 atom stereocenters. The molecule has 0 saturated carbocycles. The van der Waals surface area contributed by atoms with Crippen LogP contribution in [0.25, 0.3) is 0 Å². The van der Waals surface area contributed by atoms with Crippen molar-refractivity contribution in [3.8, 4) is 0 Å². The summed E-state index contributed by atoms with van der Waals surface area (Å²) in [6.07, 6.45) is 0. The number of rotatable bonds is 8. The highest BCUT2D eigenvalue weighted by Gasteiger charge is 2.25. The van der Waals surface area contributed by atoms with Crippen molar-refractivity contribution < 1.29 is 9.84 Å². The van der Waals surface area contributed by atoms with Crippen molar-refractivity contribution in [3.05, 3.63) is 29.8 Å². The van der Waals surface area contributed by atoms with Crippen LogP contribution < -0.4 is 15.5 Å². The Labute approximate surface area is 185 Å². The highest BCUT2D eigenvalue weighted by molar-refractivity contribution is 7.99. The smallest absolute Gasteiger partial charge is 0.191 e. The van der Waals surface area contributed by atoms with Gasteiger partial charge in [-0.15, -0.1) is 0 Å². The van der Waals surface area contributed by atoms with Gasteiger partial charge in [0.25, 0.3) is 0 Å². The standard InChI is InChI=1S/C22H37N5O2S/c1-3-23-21(25-17-22(2,28)18-26-8-12-29-13-9-26)24-16-19-4-6-20(7-5-19)27-10-14-30-15-11-27/h4-7,28H,3,8-18H2,1-2H3,(H2,23,24,25). The Balaban J connectivity index is 1.50. The number of nitrogens with zero attached hydrogens (tertiary/aromatic N) is 3. The van der Waals surface area contributed by atoms with E-state index in [0.717, 1.165) is 51.9 Å². The number of nitrogens with one attached hydrogen (secondary N) is 2. The van der Waals surface area contributed by atoms with Crippen molar-refractivity contribution in [2.45, 2.75) is 26.0 Å². The maximum Gasteiger partial charge on any atom is 0.191 e. The molecule has 0 amide bonds. The quantitative estimate of drug-likeness (QED) is 0.421. The van der Waals surface area contributed by atoms with Crippen LogP contribution in [0.2, 0.25) is 0 Å². The normalized spacial score (nSPS) is 20.6. The third kappa shape index (κ3) is 7.65. The fourth-order valence-corrected chi connectivity index (χ4v) is 4.62. The van der Waals surface area contributed by atoms with Crippen molar-refractivity contribution >= 4 is 23.4 Å². The molecule has 2 fully saturated rings. The summed E-state index contributed by atoms with van der Waals surface area (Å²) >= 11 is 2.03. The number of thioether (sulfide) groups is 1. The number of guanidine groups is 1. The molecule has 3 rings (SSSR count). The Bertz CT molecular complexity index is 656. The number of morpholine rings is 1. The first-order valence-electron chi connectivity index (χ1n) is 11.0. The molecular weight excluding hydrogens is 398 g/mol. The highest BCUT2D eigenvalue weighted by atomic mass is 32.2. The number of ether oxygens (including phenoxy) is 1. The molecule has 1 aromatic rings. The average molecular weight is 436 g/mol. The maximum atomic E-state index is 10.8. The molecule has 0 aliphatic carbocycles. The molecule has 168 valence electrons.